The average molecular weight is 560 g/mol. The molecule has 11 heteroatoms. The summed E-state index contributed by atoms with van der Waals surface area (Å²) in [6.45, 7) is 11.3. The summed E-state index contributed by atoms with van der Waals surface area (Å²) in [6.07, 6.45) is 6.75. The molecule has 1 amide bonds. The van der Waals surface area contributed by atoms with Crippen molar-refractivity contribution in [1.29, 1.82) is 0 Å². The summed E-state index contributed by atoms with van der Waals surface area (Å²) in [4.78, 5) is 24.6. The van der Waals surface area contributed by atoms with Crippen LogP contribution < -0.4 is 4.74 Å². The number of benzene rings is 1. The van der Waals surface area contributed by atoms with Crippen LogP contribution in [0.5, 0.6) is 5.75 Å². The van der Waals surface area contributed by atoms with E-state index in [-0.39, 0.29) is 35.0 Å². The van der Waals surface area contributed by atoms with E-state index in [0.717, 1.165) is 45.4 Å². The van der Waals surface area contributed by atoms with E-state index in [1.165, 1.54) is 36.5 Å². The molecule has 1 saturated carbocycles. The summed E-state index contributed by atoms with van der Waals surface area (Å²) in [7, 11) is -2.23. The Balaban J connectivity index is 1.19. The quantitative estimate of drug-likeness (QED) is 0.415. The van der Waals surface area contributed by atoms with Crippen LogP contribution >= 0.6 is 0 Å². The van der Waals surface area contributed by atoms with Gasteiger partial charge in [0.25, 0.3) is 5.91 Å². The summed E-state index contributed by atoms with van der Waals surface area (Å²) < 4.78 is 39.9. The largest absolute Gasteiger partial charge is 0.497 e. The van der Waals surface area contributed by atoms with Crippen molar-refractivity contribution in [2.24, 2.45) is 0 Å². The Morgan fingerprint density at radius 1 is 1.03 bits per heavy atom. The number of piperazine rings is 1. The van der Waals surface area contributed by atoms with E-state index in [4.69, 9.17) is 9.15 Å². The van der Waals surface area contributed by atoms with Crippen LogP contribution in [0.25, 0.3) is 0 Å². The van der Waals surface area contributed by atoms with Crippen molar-refractivity contribution in [3.8, 4) is 5.75 Å². The normalized spacial score (nSPS) is 19.2. The molecule has 3 fully saturated rings. The molecule has 0 spiro atoms. The lowest BCUT2D eigenvalue weighted by molar-refractivity contribution is 0.0627. The molecular weight excluding hydrogens is 518 g/mol. The van der Waals surface area contributed by atoms with Gasteiger partial charge in [-0.15, -0.1) is 0 Å². The molecule has 0 radical (unpaired) electrons. The minimum atomic E-state index is -3.80. The summed E-state index contributed by atoms with van der Waals surface area (Å²) in [5.74, 6) is 0.697. The molecule has 2 saturated heterocycles. The number of hydrogen-bond donors (Lipinski definition) is 0. The van der Waals surface area contributed by atoms with Crippen LogP contribution in [-0.2, 0) is 16.6 Å². The van der Waals surface area contributed by atoms with Gasteiger partial charge in [0.1, 0.15) is 12.0 Å². The van der Waals surface area contributed by atoms with Gasteiger partial charge in [-0.25, -0.2) is 13.4 Å². The number of aromatic nitrogens is 1. The Morgan fingerprint density at radius 3 is 2.23 bits per heavy atom. The minimum absolute atomic E-state index is 0.00398. The van der Waals surface area contributed by atoms with Crippen molar-refractivity contribution in [2.45, 2.75) is 63.4 Å². The Bertz CT molecular complexity index is 1240. The lowest BCUT2D eigenvalue weighted by atomic mass is 10.1. The molecular formula is C28H41N5O5S. The Hall–Kier alpha value is -2.47. The SMILES string of the molecule is COc1cc(C)c(S(=O)(=O)N(Cc2nc(C(=O)N3CCN(CCCN4CCCC4)CC3)co2)C2CC2)c(C)c1. The third-order valence-corrected chi connectivity index (χ3v) is 10.3. The van der Waals surface area contributed by atoms with Crippen molar-refractivity contribution in [3.05, 3.63) is 41.1 Å². The number of likely N-dealkylation sites (tertiary alicyclic amines) is 1. The van der Waals surface area contributed by atoms with Crippen molar-refractivity contribution in [1.82, 2.24) is 24.0 Å². The number of methoxy groups -OCH3 is 1. The zero-order chi connectivity index (χ0) is 27.6. The molecule has 1 aromatic carbocycles. The van der Waals surface area contributed by atoms with Gasteiger partial charge in [0.15, 0.2) is 5.69 Å². The number of hydrogen-bond acceptors (Lipinski definition) is 8. The highest BCUT2D eigenvalue weighted by Gasteiger charge is 2.40. The summed E-state index contributed by atoms with van der Waals surface area (Å²) >= 11 is 0. The average Bonchev–Trinajstić information content (AvgIpc) is 3.40. The maximum absolute atomic E-state index is 13.8. The number of nitrogens with zero attached hydrogens (tertiary/aromatic N) is 5. The highest BCUT2D eigenvalue weighted by molar-refractivity contribution is 7.89. The van der Waals surface area contributed by atoms with Gasteiger partial charge in [-0.2, -0.15) is 4.31 Å². The smallest absolute Gasteiger partial charge is 0.275 e. The van der Waals surface area contributed by atoms with Gasteiger partial charge in [0.2, 0.25) is 15.9 Å². The fraction of sp³-hybridized carbons (Fsp3) is 0.643. The molecule has 10 nitrogen and oxygen atoms in total. The molecule has 39 heavy (non-hydrogen) atoms. The maximum atomic E-state index is 13.8. The molecule has 1 aliphatic carbocycles. The summed E-state index contributed by atoms with van der Waals surface area (Å²) in [5.41, 5.74) is 1.50. The third-order valence-electron chi connectivity index (χ3n) is 8.06. The fourth-order valence-electron chi connectivity index (χ4n) is 5.80. The molecule has 3 aliphatic rings. The zero-order valence-electron chi connectivity index (χ0n) is 23.4. The van der Waals surface area contributed by atoms with E-state index >= 15 is 0 Å². The molecule has 0 unspecified atom stereocenters. The van der Waals surface area contributed by atoms with Crippen molar-refractivity contribution in [2.75, 3.05) is 59.5 Å². The lowest BCUT2D eigenvalue weighted by Gasteiger charge is -2.34. The molecule has 2 aromatic rings. The number of rotatable bonds is 11. The highest BCUT2D eigenvalue weighted by atomic mass is 32.2. The molecule has 3 heterocycles. The molecule has 0 bridgehead atoms. The van der Waals surface area contributed by atoms with Gasteiger partial charge >= 0.3 is 0 Å². The Morgan fingerprint density at radius 2 is 1.64 bits per heavy atom. The van der Waals surface area contributed by atoms with E-state index in [1.807, 2.05) is 4.90 Å². The van der Waals surface area contributed by atoms with Gasteiger partial charge in [0, 0.05) is 32.2 Å². The van der Waals surface area contributed by atoms with E-state index in [2.05, 4.69) is 14.8 Å². The minimum Gasteiger partial charge on any atom is -0.497 e. The van der Waals surface area contributed by atoms with E-state index in [9.17, 15) is 13.2 Å². The second-order valence-electron chi connectivity index (χ2n) is 11.0. The van der Waals surface area contributed by atoms with Crippen LogP contribution in [0.3, 0.4) is 0 Å². The monoisotopic (exact) mass is 559 g/mol. The van der Waals surface area contributed by atoms with Crippen LogP contribution in [0.2, 0.25) is 0 Å². The van der Waals surface area contributed by atoms with Crippen LogP contribution in [0.4, 0.5) is 0 Å². The van der Waals surface area contributed by atoms with Gasteiger partial charge in [0.05, 0.1) is 18.6 Å². The van der Waals surface area contributed by atoms with Crippen molar-refractivity contribution < 1.29 is 22.4 Å². The standard InChI is InChI=1S/C28H41N5O5S/c1-21-17-24(37-3)18-22(2)27(21)39(35,36)33(23-7-8-23)19-26-29-25(20-38-26)28(34)32-15-13-31(14-16-32)12-6-11-30-9-4-5-10-30/h17-18,20,23H,4-16,19H2,1-3H3. The first kappa shape index (κ1) is 28.1. The second kappa shape index (κ2) is 12.0. The molecule has 1 aromatic heterocycles. The van der Waals surface area contributed by atoms with Gasteiger partial charge in [-0.05, 0) is 95.4 Å². The lowest BCUT2D eigenvalue weighted by Crippen LogP contribution is -2.49. The molecule has 5 rings (SSSR count). The van der Waals surface area contributed by atoms with E-state index in [1.54, 1.807) is 33.1 Å². The number of carbonyl (C=O) groups excluding carboxylic acids is 1. The van der Waals surface area contributed by atoms with Crippen molar-refractivity contribution in [3.63, 3.8) is 0 Å². The first-order valence-electron chi connectivity index (χ1n) is 14.1. The van der Waals surface area contributed by atoms with Crippen molar-refractivity contribution >= 4 is 15.9 Å². The summed E-state index contributed by atoms with van der Waals surface area (Å²) in [6, 6.07) is 3.38. The first-order chi connectivity index (χ1) is 18.8. The number of amides is 1. The van der Waals surface area contributed by atoms with Crippen LogP contribution in [0.1, 0.15) is 59.6 Å². The number of oxazole rings is 1. The number of carbonyl (C=O) groups is 1. The molecule has 214 valence electrons. The fourth-order valence-corrected chi connectivity index (χ4v) is 7.85. The predicted molar refractivity (Wildman–Crippen MR) is 147 cm³/mol. The van der Waals surface area contributed by atoms with E-state index < -0.39 is 10.0 Å². The Labute approximate surface area is 231 Å². The van der Waals surface area contributed by atoms with Gasteiger partial charge in [-0.1, -0.05) is 0 Å². The predicted octanol–water partition coefficient (Wildman–Crippen LogP) is 2.90. The second-order valence-corrected chi connectivity index (χ2v) is 12.9. The highest BCUT2D eigenvalue weighted by Crippen LogP contribution is 2.36. The zero-order valence-corrected chi connectivity index (χ0v) is 24.2. The molecule has 2 aliphatic heterocycles. The first-order valence-corrected chi connectivity index (χ1v) is 15.6. The van der Waals surface area contributed by atoms with Crippen LogP contribution in [0.15, 0.2) is 27.7 Å². The number of aryl methyl sites for hydroxylation is 2. The maximum Gasteiger partial charge on any atom is 0.275 e. The van der Waals surface area contributed by atoms with Crippen LogP contribution in [-0.4, -0.2) is 104 Å². The van der Waals surface area contributed by atoms with E-state index in [0.29, 0.717) is 30.0 Å². The van der Waals surface area contributed by atoms with Gasteiger partial charge in [-0.3, -0.25) is 9.69 Å². The van der Waals surface area contributed by atoms with Crippen LogP contribution in [0, 0.1) is 13.8 Å². The third kappa shape index (κ3) is 6.48. The molecule has 0 N–H and O–H groups in total. The summed E-state index contributed by atoms with van der Waals surface area (Å²) in [5, 5.41) is 0. The topological polar surface area (TPSA) is 99.4 Å². The molecule has 0 atom stereocenters. The number of sulfonamides is 1. The Kier molecular flexibility index (Phi) is 8.60. The van der Waals surface area contributed by atoms with Gasteiger partial charge < -0.3 is 19.0 Å². The number of ether oxygens (including phenoxy) is 1.